The van der Waals surface area contributed by atoms with Gasteiger partial charge in [-0.1, -0.05) is 30.3 Å². The second-order valence-corrected chi connectivity index (χ2v) is 5.57. The predicted octanol–water partition coefficient (Wildman–Crippen LogP) is 3.56. The summed E-state index contributed by atoms with van der Waals surface area (Å²) >= 11 is 0. The monoisotopic (exact) mass is 306 g/mol. The molecule has 2 aromatic carbocycles. The first kappa shape index (κ1) is 13.9. The molecule has 1 aromatic heterocycles. The summed E-state index contributed by atoms with van der Waals surface area (Å²) in [5.41, 5.74) is 3.55. The molecule has 0 fully saturated rings. The lowest BCUT2D eigenvalue weighted by Gasteiger charge is -2.11. The van der Waals surface area contributed by atoms with Gasteiger partial charge in [-0.05, 0) is 23.3 Å². The summed E-state index contributed by atoms with van der Waals surface area (Å²) in [6.07, 6.45) is 6.50. The lowest BCUT2D eigenvalue weighted by atomic mass is 10.0. The minimum atomic E-state index is 0.614. The van der Waals surface area contributed by atoms with Crippen LogP contribution in [-0.2, 0) is 13.0 Å². The fourth-order valence-corrected chi connectivity index (χ4v) is 2.88. The first-order chi connectivity index (χ1) is 11.4. The summed E-state index contributed by atoms with van der Waals surface area (Å²) < 4.78 is 13.7. The van der Waals surface area contributed by atoms with Crippen LogP contribution in [0.2, 0.25) is 0 Å². The van der Waals surface area contributed by atoms with E-state index in [0.717, 1.165) is 42.2 Å². The number of aromatic nitrogens is 2. The van der Waals surface area contributed by atoms with Crippen LogP contribution < -0.4 is 9.47 Å². The van der Waals surface area contributed by atoms with Crippen LogP contribution in [0.15, 0.2) is 61.2 Å². The zero-order valence-corrected chi connectivity index (χ0v) is 12.8. The van der Waals surface area contributed by atoms with E-state index in [4.69, 9.17) is 9.47 Å². The number of para-hydroxylation sites is 1. The van der Waals surface area contributed by atoms with Gasteiger partial charge in [0.15, 0.2) is 0 Å². The average Bonchev–Trinajstić information content (AvgIpc) is 3.26. The van der Waals surface area contributed by atoms with E-state index in [2.05, 4.69) is 35.3 Å². The fourth-order valence-electron chi connectivity index (χ4n) is 2.88. The molecule has 1 aliphatic heterocycles. The molecule has 1 aliphatic rings. The molecule has 116 valence electrons. The molecule has 0 spiro atoms. The molecular formula is C19H18N2O2. The van der Waals surface area contributed by atoms with Crippen molar-refractivity contribution in [2.45, 2.75) is 13.0 Å². The lowest BCUT2D eigenvalue weighted by Crippen LogP contribution is -2.06. The van der Waals surface area contributed by atoms with E-state index in [1.54, 1.807) is 12.5 Å². The Bertz CT molecular complexity index is 797. The van der Waals surface area contributed by atoms with Gasteiger partial charge in [0.2, 0.25) is 0 Å². The highest BCUT2D eigenvalue weighted by Gasteiger charge is 2.17. The fraction of sp³-hybridized carbons (Fsp3) is 0.211. The molecule has 0 radical (unpaired) electrons. The second kappa shape index (κ2) is 6.16. The number of hydrogen-bond donors (Lipinski definition) is 0. The van der Waals surface area contributed by atoms with E-state index in [0.29, 0.717) is 6.61 Å². The van der Waals surface area contributed by atoms with E-state index in [1.165, 1.54) is 5.56 Å². The molecule has 2 heterocycles. The number of rotatable bonds is 5. The van der Waals surface area contributed by atoms with E-state index in [9.17, 15) is 0 Å². The Morgan fingerprint density at radius 3 is 3.04 bits per heavy atom. The Balaban J connectivity index is 1.51. The van der Waals surface area contributed by atoms with Gasteiger partial charge in [-0.25, -0.2) is 4.98 Å². The van der Waals surface area contributed by atoms with E-state index in [-0.39, 0.29) is 0 Å². The number of nitrogens with zero attached hydrogens (tertiary/aromatic N) is 2. The summed E-state index contributed by atoms with van der Waals surface area (Å²) in [6, 6.07) is 14.5. The normalized spacial score (nSPS) is 12.7. The third kappa shape index (κ3) is 2.93. The number of fused-ring (bicyclic) bond motifs is 1. The maximum absolute atomic E-state index is 5.87. The van der Waals surface area contributed by atoms with Crippen molar-refractivity contribution in [1.82, 2.24) is 9.55 Å². The molecule has 4 heteroatoms. The molecule has 0 saturated heterocycles. The standard InChI is InChI=1S/C19H18N2O2/c1-4-16(18-6-2-3-15-7-11-23-19(15)18)13-17(5-1)22-12-10-21-9-8-20-14-21/h1-6,8-9,13-14H,7,10-12H2. The summed E-state index contributed by atoms with van der Waals surface area (Å²) in [5.74, 6) is 1.89. The van der Waals surface area contributed by atoms with Crippen LogP contribution in [0.5, 0.6) is 11.5 Å². The topological polar surface area (TPSA) is 36.3 Å². The number of imidazole rings is 1. The van der Waals surface area contributed by atoms with Gasteiger partial charge in [-0.15, -0.1) is 0 Å². The molecular weight excluding hydrogens is 288 g/mol. The summed E-state index contributed by atoms with van der Waals surface area (Å²) in [6.45, 7) is 2.17. The van der Waals surface area contributed by atoms with Crippen LogP contribution >= 0.6 is 0 Å². The minimum Gasteiger partial charge on any atom is -0.492 e. The van der Waals surface area contributed by atoms with Crippen molar-refractivity contribution in [2.75, 3.05) is 13.2 Å². The third-order valence-corrected chi connectivity index (χ3v) is 4.04. The smallest absolute Gasteiger partial charge is 0.130 e. The van der Waals surface area contributed by atoms with Gasteiger partial charge in [0.25, 0.3) is 0 Å². The molecule has 0 saturated carbocycles. The highest BCUT2D eigenvalue weighted by atomic mass is 16.5. The number of ether oxygens (including phenoxy) is 2. The van der Waals surface area contributed by atoms with Crippen LogP contribution in [0.3, 0.4) is 0 Å². The molecule has 4 rings (SSSR count). The van der Waals surface area contributed by atoms with Gasteiger partial charge in [-0.3, -0.25) is 0 Å². The van der Waals surface area contributed by atoms with Gasteiger partial charge in [-0.2, -0.15) is 0 Å². The summed E-state index contributed by atoms with van der Waals surface area (Å²) in [4.78, 5) is 4.03. The van der Waals surface area contributed by atoms with Crippen molar-refractivity contribution >= 4 is 0 Å². The highest BCUT2D eigenvalue weighted by Crippen LogP contribution is 2.37. The van der Waals surface area contributed by atoms with Crippen LogP contribution in [0.4, 0.5) is 0 Å². The molecule has 0 unspecified atom stereocenters. The van der Waals surface area contributed by atoms with Gasteiger partial charge in [0, 0.05) is 24.4 Å². The lowest BCUT2D eigenvalue weighted by molar-refractivity contribution is 0.298. The number of benzene rings is 2. The largest absolute Gasteiger partial charge is 0.492 e. The summed E-state index contributed by atoms with van der Waals surface area (Å²) in [7, 11) is 0. The van der Waals surface area contributed by atoms with Crippen LogP contribution in [0, 0.1) is 0 Å². The quantitative estimate of drug-likeness (QED) is 0.723. The molecule has 0 atom stereocenters. The van der Waals surface area contributed by atoms with E-state index >= 15 is 0 Å². The van der Waals surface area contributed by atoms with Gasteiger partial charge in [0.1, 0.15) is 18.1 Å². The molecule has 0 amide bonds. The third-order valence-electron chi connectivity index (χ3n) is 4.04. The Morgan fingerprint density at radius 2 is 2.13 bits per heavy atom. The Hall–Kier alpha value is -2.75. The zero-order chi connectivity index (χ0) is 15.5. The van der Waals surface area contributed by atoms with Crippen LogP contribution in [0.1, 0.15) is 5.56 Å². The van der Waals surface area contributed by atoms with E-state index in [1.807, 2.05) is 22.9 Å². The molecule has 0 bridgehead atoms. The Labute approximate surface area is 135 Å². The zero-order valence-electron chi connectivity index (χ0n) is 12.8. The van der Waals surface area contributed by atoms with Crippen molar-refractivity contribution in [3.8, 4) is 22.6 Å². The van der Waals surface area contributed by atoms with Crippen LogP contribution in [0.25, 0.3) is 11.1 Å². The second-order valence-electron chi connectivity index (χ2n) is 5.57. The van der Waals surface area contributed by atoms with Crippen molar-refractivity contribution in [1.29, 1.82) is 0 Å². The molecule has 3 aromatic rings. The van der Waals surface area contributed by atoms with Crippen molar-refractivity contribution in [3.63, 3.8) is 0 Å². The molecule has 0 N–H and O–H groups in total. The SMILES string of the molecule is c1cc(OCCn2ccnc2)cc(-c2cccc3c2OCC3)c1. The van der Waals surface area contributed by atoms with Gasteiger partial charge >= 0.3 is 0 Å². The summed E-state index contributed by atoms with van der Waals surface area (Å²) in [5, 5.41) is 0. The highest BCUT2D eigenvalue weighted by molar-refractivity contribution is 5.73. The first-order valence-electron chi connectivity index (χ1n) is 7.84. The predicted molar refractivity (Wildman–Crippen MR) is 88.8 cm³/mol. The van der Waals surface area contributed by atoms with Crippen molar-refractivity contribution in [3.05, 3.63) is 66.7 Å². The van der Waals surface area contributed by atoms with Gasteiger partial charge < -0.3 is 14.0 Å². The maximum Gasteiger partial charge on any atom is 0.130 e. The minimum absolute atomic E-state index is 0.614. The van der Waals surface area contributed by atoms with Crippen molar-refractivity contribution in [2.24, 2.45) is 0 Å². The Kier molecular flexibility index (Phi) is 3.72. The van der Waals surface area contributed by atoms with Crippen LogP contribution in [-0.4, -0.2) is 22.8 Å². The van der Waals surface area contributed by atoms with E-state index < -0.39 is 0 Å². The maximum atomic E-state index is 5.87. The average molecular weight is 306 g/mol. The molecule has 23 heavy (non-hydrogen) atoms. The molecule has 4 nitrogen and oxygen atoms in total. The van der Waals surface area contributed by atoms with Crippen molar-refractivity contribution < 1.29 is 9.47 Å². The van der Waals surface area contributed by atoms with Gasteiger partial charge in [0.05, 0.1) is 19.5 Å². The first-order valence-corrected chi connectivity index (χ1v) is 7.84. The number of hydrogen-bond acceptors (Lipinski definition) is 3. The Morgan fingerprint density at radius 1 is 1.17 bits per heavy atom. The molecule has 0 aliphatic carbocycles.